The van der Waals surface area contributed by atoms with E-state index in [2.05, 4.69) is 22.5 Å². The molecule has 3 heterocycles. The van der Waals surface area contributed by atoms with Crippen molar-refractivity contribution >= 4 is 29.2 Å². The van der Waals surface area contributed by atoms with Gasteiger partial charge in [-0.15, -0.1) is 0 Å². The molecule has 2 aromatic rings. The molecule has 8 nitrogen and oxygen atoms in total. The zero-order chi connectivity index (χ0) is 22.1. The number of hydrogen-bond acceptors (Lipinski definition) is 5. The van der Waals surface area contributed by atoms with Crippen molar-refractivity contribution in [3.05, 3.63) is 52.7 Å². The number of pyridine rings is 1. The number of rotatable bonds is 3. The van der Waals surface area contributed by atoms with Gasteiger partial charge in [0.25, 0.3) is 5.91 Å². The van der Waals surface area contributed by atoms with E-state index in [1.807, 2.05) is 19.1 Å². The highest BCUT2D eigenvalue weighted by Gasteiger charge is 2.35. The summed E-state index contributed by atoms with van der Waals surface area (Å²) in [5.74, 6) is -0.613. The summed E-state index contributed by atoms with van der Waals surface area (Å²) in [6.07, 6.45) is 3.87. The fourth-order valence-electron chi connectivity index (χ4n) is 4.37. The van der Waals surface area contributed by atoms with Crippen LogP contribution >= 0.6 is 0 Å². The first-order valence-corrected chi connectivity index (χ1v) is 10.6. The van der Waals surface area contributed by atoms with Crippen molar-refractivity contribution < 1.29 is 14.4 Å². The van der Waals surface area contributed by atoms with Crippen LogP contribution in [-0.4, -0.2) is 34.2 Å². The number of nitrogen functional groups attached to an aromatic ring is 1. The summed E-state index contributed by atoms with van der Waals surface area (Å²) in [6.45, 7) is 5.02. The third-order valence-corrected chi connectivity index (χ3v) is 6.11. The Morgan fingerprint density at radius 1 is 1.29 bits per heavy atom. The zero-order valence-electron chi connectivity index (χ0n) is 17.8. The van der Waals surface area contributed by atoms with Crippen LogP contribution < -0.4 is 16.4 Å². The number of amides is 3. The average Bonchev–Trinajstić information content (AvgIpc) is 3.14. The van der Waals surface area contributed by atoms with Gasteiger partial charge >= 0.3 is 11.8 Å². The minimum Gasteiger partial charge on any atom is -0.383 e. The summed E-state index contributed by atoms with van der Waals surface area (Å²) in [4.78, 5) is 43.5. The third kappa shape index (κ3) is 4.10. The van der Waals surface area contributed by atoms with E-state index in [-0.39, 0.29) is 11.9 Å². The number of nitrogens with one attached hydrogen (secondary N) is 2. The van der Waals surface area contributed by atoms with Gasteiger partial charge in [-0.3, -0.25) is 14.4 Å². The standard InChI is InChI=1S/C23H27N5O3/c1-3-14-9-17(11-25-20(14)24)27-22(30)23(31)28-12-13(2)4-7-19(28)15-5-6-18-16(8-15)10-26-21(18)29/h5-6,8-9,11,13,19H,3-4,7,10,12H2,1-2H3,(H2,24,25)(H,26,29)(H,27,30)/t13-,19?/m0/s1. The summed E-state index contributed by atoms with van der Waals surface area (Å²) >= 11 is 0. The number of aromatic nitrogens is 1. The number of hydrogen-bond donors (Lipinski definition) is 3. The number of nitrogens with zero attached hydrogens (tertiary/aromatic N) is 2. The van der Waals surface area contributed by atoms with Gasteiger partial charge in [-0.05, 0) is 54.0 Å². The molecule has 3 amide bonds. The van der Waals surface area contributed by atoms with Gasteiger partial charge in [0.1, 0.15) is 5.82 Å². The minimum absolute atomic E-state index is 0.0744. The van der Waals surface area contributed by atoms with Crippen molar-refractivity contribution in [2.24, 2.45) is 5.92 Å². The number of nitrogens with two attached hydrogens (primary N) is 1. The maximum absolute atomic E-state index is 13.1. The second-order valence-corrected chi connectivity index (χ2v) is 8.33. The molecule has 0 spiro atoms. The van der Waals surface area contributed by atoms with E-state index < -0.39 is 11.8 Å². The lowest BCUT2D eigenvalue weighted by molar-refractivity contribution is -0.146. The van der Waals surface area contributed by atoms with Crippen LogP contribution in [0, 0.1) is 5.92 Å². The molecule has 0 bridgehead atoms. The van der Waals surface area contributed by atoms with Crippen molar-refractivity contribution in [3.8, 4) is 0 Å². The van der Waals surface area contributed by atoms with Crippen LogP contribution in [-0.2, 0) is 22.6 Å². The Bertz CT molecular complexity index is 1050. The van der Waals surface area contributed by atoms with E-state index in [0.717, 1.165) is 29.5 Å². The quantitative estimate of drug-likeness (QED) is 0.658. The zero-order valence-corrected chi connectivity index (χ0v) is 17.8. The van der Waals surface area contributed by atoms with E-state index in [0.29, 0.717) is 42.5 Å². The summed E-state index contributed by atoms with van der Waals surface area (Å²) < 4.78 is 0. The van der Waals surface area contributed by atoms with Crippen LogP contribution in [0.1, 0.15) is 59.8 Å². The van der Waals surface area contributed by atoms with E-state index >= 15 is 0 Å². The molecule has 1 aromatic carbocycles. The highest BCUT2D eigenvalue weighted by Crippen LogP contribution is 2.35. The highest BCUT2D eigenvalue weighted by atomic mass is 16.2. The molecule has 2 aliphatic rings. The van der Waals surface area contributed by atoms with Crippen molar-refractivity contribution in [1.29, 1.82) is 0 Å². The van der Waals surface area contributed by atoms with Gasteiger partial charge in [0.05, 0.1) is 17.9 Å². The normalized spacial score (nSPS) is 20.2. The largest absolute Gasteiger partial charge is 0.383 e. The van der Waals surface area contributed by atoms with Crippen molar-refractivity contribution in [3.63, 3.8) is 0 Å². The number of anilines is 2. The first kappa shape index (κ1) is 20.8. The van der Waals surface area contributed by atoms with Gasteiger partial charge in [0.15, 0.2) is 0 Å². The van der Waals surface area contributed by atoms with E-state index in [1.165, 1.54) is 6.20 Å². The molecule has 4 rings (SSSR count). The molecule has 31 heavy (non-hydrogen) atoms. The lowest BCUT2D eigenvalue weighted by Crippen LogP contribution is -2.46. The van der Waals surface area contributed by atoms with Crippen LogP contribution in [0.5, 0.6) is 0 Å². The Labute approximate surface area is 181 Å². The molecule has 1 fully saturated rings. The maximum Gasteiger partial charge on any atom is 0.313 e. The number of carbonyl (C=O) groups is 3. The van der Waals surface area contributed by atoms with Crippen molar-refractivity contribution in [2.45, 2.75) is 45.7 Å². The van der Waals surface area contributed by atoms with Crippen LogP contribution in [0.15, 0.2) is 30.5 Å². The molecule has 2 atom stereocenters. The maximum atomic E-state index is 13.1. The molecule has 0 aliphatic carbocycles. The van der Waals surface area contributed by atoms with Gasteiger partial charge in [0, 0.05) is 18.7 Å². The van der Waals surface area contributed by atoms with Crippen molar-refractivity contribution in [2.75, 3.05) is 17.6 Å². The number of aryl methyl sites for hydroxylation is 1. The molecular formula is C23H27N5O3. The van der Waals surface area contributed by atoms with E-state index in [1.54, 1.807) is 17.0 Å². The molecule has 1 aromatic heterocycles. The molecule has 1 unspecified atom stereocenters. The fourth-order valence-corrected chi connectivity index (χ4v) is 4.37. The molecule has 8 heteroatoms. The molecule has 1 saturated heterocycles. The first-order valence-electron chi connectivity index (χ1n) is 10.6. The number of carbonyl (C=O) groups excluding carboxylic acids is 3. The summed E-state index contributed by atoms with van der Waals surface area (Å²) in [5.41, 5.74) is 9.65. The highest BCUT2D eigenvalue weighted by molar-refractivity contribution is 6.39. The molecular weight excluding hydrogens is 394 g/mol. The van der Waals surface area contributed by atoms with E-state index in [4.69, 9.17) is 5.73 Å². The lowest BCUT2D eigenvalue weighted by atomic mass is 9.88. The Hall–Kier alpha value is -3.42. The number of benzene rings is 1. The smallest absolute Gasteiger partial charge is 0.313 e. The lowest BCUT2D eigenvalue weighted by Gasteiger charge is -2.38. The van der Waals surface area contributed by atoms with Crippen LogP contribution in [0.25, 0.3) is 0 Å². The number of fused-ring (bicyclic) bond motifs is 1. The molecule has 0 saturated carbocycles. The van der Waals surface area contributed by atoms with Gasteiger partial charge in [-0.2, -0.15) is 0 Å². The topological polar surface area (TPSA) is 117 Å². The molecule has 2 aliphatic heterocycles. The summed E-state index contributed by atoms with van der Waals surface area (Å²) in [5, 5.41) is 5.49. The summed E-state index contributed by atoms with van der Waals surface area (Å²) in [6, 6.07) is 7.21. The predicted octanol–water partition coefficient (Wildman–Crippen LogP) is 2.41. The predicted molar refractivity (Wildman–Crippen MR) is 117 cm³/mol. The molecule has 4 N–H and O–H groups in total. The van der Waals surface area contributed by atoms with Gasteiger partial charge in [-0.25, -0.2) is 4.98 Å². The third-order valence-electron chi connectivity index (χ3n) is 6.11. The van der Waals surface area contributed by atoms with E-state index in [9.17, 15) is 14.4 Å². The van der Waals surface area contributed by atoms with Gasteiger partial charge in [0.2, 0.25) is 0 Å². The molecule has 162 valence electrons. The van der Waals surface area contributed by atoms with Crippen LogP contribution in [0.4, 0.5) is 11.5 Å². The fraction of sp³-hybridized carbons (Fsp3) is 0.391. The Balaban J connectivity index is 1.55. The first-order chi connectivity index (χ1) is 14.9. The number of likely N-dealkylation sites (tertiary alicyclic amines) is 1. The molecule has 0 radical (unpaired) electrons. The minimum atomic E-state index is -0.689. The Morgan fingerprint density at radius 2 is 2.10 bits per heavy atom. The Kier molecular flexibility index (Phi) is 5.63. The second-order valence-electron chi connectivity index (χ2n) is 8.33. The van der Waals surface area contributed by atoms with Crippen molar-refractivity contribution in [1.82, 2.24) is 15.2 Å². The SMILES string of the molecule is CCc1cc(NC(=O)C(=O)N2C[C@@H](C)CCC2c2ccc3c(c2)CNC3=O)cnc1N. The Morgan fingerprint density at radius 3 is 2.87 bits per heavy atom. The second kappa shape index (κ2) is 8.37. The van der Waals surface area contributed by atoms with Crippen LogP contribution in [0.2, 0.25) is 0 Å². The number of piperidine rings is 1. The average molecular weight is 422 g/mol. The van der Waals surface area contributed by atoms with Gasteiger partial charge in [-0.1, -0.05) is 26.0 Å². The van der Waals surface area contributed by atoms with Gasteiger partial charge < -0.3 is 21.3 Å². The van der Waals surface area contributed by atoms with Crippen LogP contribution in [0.3, 0.4) is 0 Å². The monoisotopic (exact) mass is 421 g/mol. The summed E-state index contributed by atoms with van der Waals surface area (Å²) in [7, 11) is 0.